The lowest BCUT2D eigenvalue weighted by Gasteiger charge is -2.12. The number of hydrogen-bond donors (Lipinski definition) is 1. The summed E-state index contributed by atoms with van der Waals surface area (Å²) in [5, 5.41) is 20.5. The fourth-order valence-electron chi connectivity index (χ4n) is 1.68. The van der Waals surface area contributed by atoms with E-state index in [0.29, 0.717) is 5.56 Å². The molecule has 0 bridgehead atoms. The Morgan fingerprint density at radius 1 is 1.25 bits per heavy atom. The maximum Gasteiger partial charge on any atom is 0.276 e. The zero-order chi connectivity index (χ0) is 14.5. The number of ether oxygens (including phenoxy) is 1. The number of rotatable bonds is 5. The van der Waals surface area contributed by atoms with Crippen LogP contribution in [0.15, 0.2) is 48.5 Å². The van der Waals surface area contributed by atoms with Gasteiger partial charge >= 0.3 is 0 Å². The predicted molar refractivity (Wildman–Crippen MR) is 70.0 cm³/mol. The van der Waals surface area contributed by atoms with E-state index in [0.717, 1.165) is 18.2 Å². The van der Waals surface area contributed by atoms with Gasteiger partial charge in [-0.05, 0) is 5.56 Å². The maximum atomic E-state index is 13.2. The van der Waals surface area contributed by atoms with Gasteiger partial charge in [0.1, 0.15) is 24.3 Å². The zero-order valence-corrected chi connectivity index (χ0v) is 10.4. The number of benzene rings is 2. The van der Waals surface area contributed by atoms with Crippen molar-refractivity contribution in [3.05, 3.63) is 70.0 Å². The summed E-state index contributed by atoms with van der Waals surface area (Å²) in [5.41, 5.74) is 0.257. The zero-order valence-electron chi connectivity index (χ0n) is 10.4. The molecule has 0 unspecified atom stereocenters. The van der Waals surface area contributed by atoms with Crippen LogP contribution >= 0.6 is 0 Å². The first-order chi connectivity index (χ1) is 9.56. The number of hydrogen-bond acceptors (Lipinski definition) is 4. The largest absolute Gasteiger partial charge is 0.490 e. The van der Waals surface area contributed by atoms with Crippen molar-refractivity contribution < 1.29 is 19.2 Å². The van der Waals surface area contributed by atoms with E-state index in [4.69, 9.17) is 4.74 Å². The molecule has 6 heteroatoms. The van der Waals surface area contributed by atoms with Crippen LogP contribution in [0.4, 0.5) is 10.1 Å². The van der Waals surface area contributed by atoms with Gasteiger partial charge in [0, 0.05) is 6.07 Å². The minimum atomic E-state index is -0.890. The summed E-state index contributed by atoms with van der Waals surface area (Å²) in [6.45, 7) is -0.120. The number of aliphatic hydroxyl groups excluding tert-OH is 1. The van der Waals surface area contributed by atoms with Gasteiger partial charge < -0.3 is 9.84 Å². The van der Waals surface area contributed by atoms with E-state index in [1.165, 1.54) is 0 Å². The molecule has 5 nitrogen and oxygen atoms in total. The van der Waals surface area contributed by atoms with Gasteiger partial charge in [0.05, 0.1) is 17.1 Å². The first-order valence-corrected chi connectivity index (χ1v) is 5.87. The average molecular weight is 277 g/mol. The van der Waals surface area contributed by atoms with Gasteiger partial charge in [-0.2, -0.15) is 0 Å². The van der Waals surface area contributed by atoms with E-state index in [1.807, 2.05) is 6.07 Å². The highest BCUT2D eigenvalue weighted by atomic mass is 19.1. The Morgan fingerprint density at radius 2 is 1.95 bits per heavy atom. The Bertz CT molecular complexity index is 603. The minimum Gasteiger partial charge on any atom is -0.490 e. The molecule has 0 aromatic heterocycles. The summed E-state index contributed by atoms with van der Waals surface area (Å²) < 4.78 is 18.4. The summed E-state index contributed by atoms with van der Waals surface area (Å²) in [4.78, 5) is 9.89. The molecule has 2 aromatic carbocycles. The quantitative estimate of drug-likeness (QED) is 0.673. The van der Waals surface area contributed by atoms with Crippen molar-refractivity contribution in [3.8, 4) is 5.75 Å². The minimum absolute atomic E-state index is 0.00619. The summed E-state index contributed by atoms with van der Waals surface area (Å²) in [7, 11) is 0. The smallest absolute Gasteiger partial charge is 0.276 e. The number of nitrogens with zero attached hydrogens (tertiary/aromatic N) is 1. The Hall–Kier alpha value is -2.47. The molecule has 0 fully saturated rings. The van der Waals surface area contributed by atoms with Crippen LogP contribution in [0.25, 0.3) is 0 Å². The fourth-order valence-corrected chi connectivity index (χ4v) is 1.68. The highest BCUT2D eigenvalue weighted by Gasteiger charge is 2.13. The molecular formula is C14H12FNO4. The molecule has 0 radical (unpaired) electrons. The number of nitro groups is 1. The summed E-state index contributed by atoms with van der Waals surface area (Å²) >= 11 is 0. The summed E-state index contributed by atoms with van der Waals surface area (Å²) in [6.07, 6.45) is -0.890. The molecule has 20 heavy (non-hydrogen) atoms. The van der Waals surface area contributed by atoms with Crippen LogP contribution in [0.2, 0.25) is 0 Å². The van der Waals surface area contributed by atoms with Crippen molar-refractivity contribution in [1.29, 1.82) is 0 Å². The van der Waals surface area contributed by atoms with Crippen LogP contribution in [-0.2, 0) is 0 Å². The third-order valence-electron chi connectivity index (χ3n) is 2.66. The van der Waals surface area contributed by atoms with Crippen LogP contribution < -0.4 is 4.74 Å². The molecule has 104 valence electrons. The van der Waals surface area contributed by atoms with Crippen LogP contribution in [0.5, 0.6) is 5.75 Å². The standard InChI is InChI=1S/C14H12FNO4/c15-11-6-12(16(18)19)8-13(7-11)20-9-14(17)10-4-2-1-3-5-10/h1-8,14,17H,9H2/t14-/m0/s1. The number of aliphatic hydroxyl groups is 1. The van der Waals surface area contributed by atoms with Crippen LogP contribution in [0, 0.1) is 15.9 Å². The van der Waals surface area contributed by atoms with Crippen LogP contribution in [0.1, 0.15) is 11.7 Å². The molecule has 0 spiro atoms. The van der Waals surface area contributed by atoms with E-state index in [9.17, 15) is 19.6 Å². The van der Waals surface area contributed by atoms with Gasteiger partial charge in [0.15, 0.2) is 0 Å². The Morgan fingerprint density at radius 3 is 2.60 bits per heavy atom. The Labute approximate surface area is 114 Å². The Balaban J connectivity index is 2.06. The average Bonchev–Trinajstić information content (AvgIpc) is 2.45. The van der Waals surface area contributed by atoms with E-state index in [1.54, 1.807) is 24.3 Å². The molecule has 0 aliphatic carbocycles. The van der Waals surface area contributed by atoms with Crippen molar-refractivity contribution in [2.24, 2.45) is 0 Å². The highest BCUT2D eigenvalue weighted by molar-refractivity contribution is 5.39. The van der Waals surface area contributed by atoms with Crippen molar-refractivity contribution in [1.82, 2.24) is 0 Å². The van der Waals surface area contributed by atoms with E-state index < -0.39 is 22.5 Å². The molecule has 2 aromatic rings. The SMILES string of the molecule is O=[N+]([O-])c1cc(F)cc(OC[C@H](O)c2ccccc2)c1. The van der Waals surface area contributed by atoms with Gasteiger partial charge in [-0.1, -0.05) is 30.3 Å². The third kappa shape index (κ3) is 3.52. The molecule has 1 atom stereocenters. The normalized spacial score (nSPS) is 11.9. The van der Waals surface area contributed by atoms with Gasteiger partial charge in [-0.25, -0.2) is 4.39 Å². The molecule has 0 heterocycles. The number of halogens is 1. The van der Waals surface area contributed by atoms with Gasteiger partial charge in [0.25, 0.3) is 5.69 Å². The summed E-state index contributed by atoms with van der Waals surface area (Å²) in [5.74, 6) is -0.755. The molecule has 0 saturated carbocycles. The van der Waals surface area contributed by atoms with Gasteiger partial charge in [0.2, 0.25) is 0 Å². The molecule has 0 aliphatic rings. The number of nitro benzene ring substituents is 1. The van der Waals surface area contributed by atoms with Crippen LogP contribution in [-0.4, -0.2) is 16.6 Å². The first kappa shape index (κ1) is 14.0. The van der Waals surface area contributed by atoms with Crippen molar-refractivity contribution in [2.45, 2.75) is 6.10 Å². The fraction of sp³-hybridized carbons (Fsp3) is 0.143. The lowest BCUT2D eigenvalue weighted by molar-refractivity contribution is -0.385. The molecule has 0 aliphatic heterocycles. The van der Waals surface area contributed by atoms with E-state index >= 15 is 0 Å². The second-order valence-corrected chi connectivity index (χ2v) is 4.14. The molecule has 0 amide bonds. The van der Waals surface area contributed by atoms with Gasteiger partial charge in [-0.15, -0.1) is 0 Å². The number of non-ortho nitro benzene ring substituents is 1. The topological polar surface area (TPSA) is 72.6 Å². The second-order valence-electron chi connectivity index (χ2n) is 4.14. The lowest BCUT2D eigenvalue weighted by Crippen LogP contribution is -2.09. The summed E-state index contributed by atoms with van der Waals surface area (Å²) in [6, 6.07) is 11.8. The van der Waals surface area contributed by atoms with Crippen LogP contribution in [0.3, 0.4) is 0 Å². The molecule has 2 rings (SSSR count). The third-order valence-corrected chi connectivity index (χ3v) is 2.66. The Kier molecular flexibility index (Phi) is 4.27. The van der Waals surface area contributed by atoms with E-state index in [-0.39, 0.29) is 12.4 Å². The monoisotopic (exact) mass is 277 g/mol. The highest BCUT2D eigenvalue weighted by Crippen LogP contribution is 2.23. The second kappa shape index (κ2) is 6.12. The van der Waals surface area contributed by atoms with Crippen molar-refractivity contribution in [3.63, 3.8) is 0 Å². The van der Waals surface area contributed by atoms with Crippen molar-refractivity contribution in [2.75, 3.05) is 6.61 Å². The van der Waals surface area contributed by atoms with E-state index in [2.05, 4.69) is 0 Å². The first-order valence-electron chi connectivity index (χ1n) is 5.87. The predicted octanol–water partition coefficient (Wildman–Crippen LogP) is 2.85. The molecule has 1 N–H and O–H groups in total. The van der Waals surface area contributed by atoms with Gasteiger partial charge in [-0.3, -0.25) is 10.1 Å². The lowest BCUT2D eigenvalue weighted by atomic mass is 10.1. The molecular weight excluding hydrogens is 265 g/mol. The van der Waals surface area contributed by atoms with Crippen molar-refractivity contribution >= 4 is 5.69 Å². The maximum absolute atomic E-state index is 13.2. The molecule has 0 saturated heterocycles.